The van der Waals surface area contributed by atoms with Gasteiger partial charge in [-0.3, -0.25) is 19.3 Å². The van der Waals surface area contributed by atoms with Gasteiger partial charge in [-0.25, -0.2) is 0 Å². The van der Waals surface area contributed by atoms with Crippen molar-refractivity contribution in [1.29, 1.82) is 0 Å². The van der Waals surface area contributed by atoms with Crippen LogP contribution in [0.25, 0.3) is 6.08 Å². The zero-order chi connectivity index (χ0) is 28.5. The van der Waals surface area contributed by atoms with E-state index < -0.39 is 5.91 Å². The van der Waals surface area contributed by atoms with Gasteiger partial charge in [0.1, 0.15) is 18.1 Å². The Bertz CT molecular complexity index is 1430. The Labute approximate surface area is 241 Å². The van der Waals surface area contributed by atoms with E-state index in [2.05, 4.69) is 5.32 Å². The minimum Gasteiger partial charge on any atom is -0.493 e. The van der Waals surface area contributed by atoms with Crippen LogP contribution in [-0.2, 0) is 9.59 Å². The summed E-state index contributed by atoms with van der Waals surface area (Å²) in [5, 5.41) is 2.83. The highest BCUT2D eigenvalue weighted by Gasteiger charge is 2.34. The quantitative estimate of drug-likeness (QED) is 0.264. The van der Waals surface area contributed by atoms with Gasteiger partial charge in [-0.1, -0.05) is 41.9 Å². The maximum absolute atomic E-state index is 12.9. The molecule has 0 spiro atoms. The van der Waals surface area contributed by atoms with E-state index in [9.17, 15) is 14.4 Å². The lowest BCUT2D eigenvalue weighted by Gasteiger charge is -2.14. The molecule has 0 atom stereocenters. The van der Waals surface area contributed by atoms with Crippen molar-refractivity contribution in [3.05, 3.63) is 82.2 Å². The summed E-state index contributed by atoms with van der Waals surface area (Å²) in [4.78, 5) is 39.2. The number of amides is 3. The first-order valence-corrected chi connectivity index (χ1v) is 13.5. The van der Waals surface area contributed by atoms with E-state index in [1.807, 2.05) is 13.0 Å². The van der Waals surface area contributed by atoms with Crippen molar-refractivity contribution in [1.82, 2.24) is 4.90 Å². The van der Waals surface area contributed by atoms with Crippen LogP contribution in [0.3, 0.4) is 0 Å². The molecule has 9 nitrogen and oxygen atoms in total. The minimum atomic E-state index is -0.416. The van der Waals surface area contributed by atoms with Crippen LogP contribution in [0.1, 0.15) is 12.5 Å². The van der Waals surface area contributed by atoms with Gasteiger partial charge >= 0.3 is 0 Å². The van der Waals surface area contributed by atoms with E-state index in [0.29, 0.717) is 45.9 Å². The number of imide groups is 1. The Hall–Kier alpha value is -4.15. The second-order valence-electron chi connectivity index (χ2n) is 8.29. The number of nitrogens with zero attached hydrogens (tertiary/aromatic N) is 1. The van der Waals surface area contributed by atoms with Gasteiger partial charge in [0.25, 0.3) is 17.1 Å². The van der Waals surface area contributed by atoms with E-state index in [-0.39, 0.29) is 35.8 Å². The SMILES string of the molecule is CCOc1ccccc1NC(=O)COc1ccc(/C=C2\SC(=O)N(CCOc3ccccc3Cl)C2=O)cc1OC. The average molecular weight is 583 g/mol. The summed E-state index contributed by atoms with van der Waals surface area (Å²) < 4.78 is 22.2. The second-order valence-corrected chi connectivity index (χ2v) is 9.69. The molecule has 1 heterocycles. The summed E-state index contributed by atoms with van der Waals surface area (Å²) >= 11 is 6.93. The van der Waals surface area contributed by atoms with Gasteiger partial charge in [0.05, 0.1) is 35.9 Å². The number of hydrogen-bond donors (Lipinski definition) is 1. The number of nitrogens with one attached hydrogen (secondary N) is 1. The Morgan fingerprint density at radius 3 is 2.45 bits per heavy atom. The summed E-state index contributed by atoms with van der Waals surface area (Å²) in [6.45, 7) is 2.27. The maximum Gasteiger partial charge on any atom is 0.293 e. The second kappa shape index (κ2) is 13.8. The molecule has 1 aliphatic heterocycles. The lowest BCUT2D eigenvalue weighted by molar-refractivity contribution is -0.123. The fourth-order valence-corrected chi connectivity index (χ4v) is 4.78. The van der Waals surface area contributed by atoms with Gasteiger partial charge in [-0.15, -0.1) is 0 Å². The van der Waals surface area contributed by atoms with Crippen LogP contribution in [0, 0.1) is 0 Å². The molecule has 208 valence electrons. The number of ether oxygens (including phenoxy) is 4. The highest BCUT2D eigenvalue weighted by Crippen LogP contribution is 2.35. The number of carbonyl (C=O) groups excluding carboxylic acids is 3. The molecule has 0 bridgehead atoms. The largest absolute Gasteiger partial charge is 0.493 e. The first kappa shape index (κ1) is 28.8. The summed E-state index contributed by atoms with van der Waals surface area (Å²) in [6, 6.07) is 19.1. The van der Waals surface area contributed by atoms with Crippen LogP contribution in [0.4, 0.5) is 10.5 Å². The lowest BCUT2D eigenvalue weighted by Crippen LogP contribution is -2.32. The molecule has 11 heteroatoms. The number of hydrogen-bond acceptors (Lipinski definition) is 8. The van der Waals surface area contributed by atoms with Gasteiger partial charge in [0.2, 0.25) is 0 Å². The number of anilines is 1. The summed E-state index contributed by atoms with van der Waals surface area (Å²) in [5.41, 5.74) is 1.17. The third-order valence-electron chi connectivity index (χ3n) is 5.59. The van der Waals surface area contributed by atoms with E-state index in [4.69, 9.17) is 30.5 Å². The number of methoxy groups -OCH3 is 1. The van der Waals surface area contributed by atoms with E-state index in [1.54, 1.807) is 66.7 Å². The molecule has 1 aliphatic rings. The van der Waals surface area contributed by atoms with Crippen molar-refractivity contribution >= 4 is 52.2 Å². The third kappa shape index (κ3) is 7.28. The highest BCUT2D eigenvalue weighted by atomic mass is 35.5. The molecule has 0 radical (unpaired) electrons. The summed E-state index contributed by atoms with van der Waals surface area (Å²) in [5.74, 6) is 0.972. The molecule has 1 fully saturated rings. The van der Waals surface area contributed by atoms with Crippen molar-refractivity contribution in [3.63, 3.8) is 0 Å². The molecular formula is C29H27ClN2O7S. The molecule has 0 unspecified atom stereocenters. The van der Waals surface area contributed by atoms with Crippen LogP contribution in [0.5, 0.6) is 23.0 Å². The fourth-order valence-electron chi connectivity index (χ4n) is 3.73. The maximum atomic E-state index is 12.9. The van der Waals surface area contributed by atoms with E-state index >= 15 is 0 Å². The Kier molecular flexibility index (Phi) is 9.93. The van der Waals surface area contributed by atoms with Crippen LogP contribution in [0.2, 0.25) is 5.02 Å². The van der Waals surface area contributed by atoms with Crippen molar-refractivity contribution in [2.75, 3.05) is 38.8 Å². The molecule has 0 aliphatic carbocycles. The smallest absolute Gasteiger partial charge is 0.293 e. The molecule has 40 heavy (non-hydrogen) atoms. The van der Waals surface area contributed by atoms with Crippen LogP contribution >= 0.6 is 23.4 Å². The highest BCUT2D eigenvalue weighted by molar-refractivity contribution is 8.18. The Morgan fingerprint density at radius 1 is 0.950 bits per heavy atom. The normalized spacial score (nSPS) is 13.9. The van der Waals surface area contributed by atoms with Gasteiger partial charge in [-0.2, -0.15) is 0 Å². The van der Waals surface area contributed by atoms with E-state index in [1.165, 1.54) is 7.11 Å². The van der Waals surface area contributed by atoms with Crippen LogP contribution < -0.4 is 24.3 Å². The molecule has 1 saturated heterocycles. The molecule has 0 aromatic heterocycles. The number of halogens is 1. The van der Waals surface area contributed by atoms with E-state index in [0.717, 1.165) is 16.7 Å². The third-order valence-corrected chi connectivity index (χ3v) is 6.81. The first-order valence-electron chi connectivity index (χ1n) is 12.3. The Morgan fingerprint density at radius 2 is 1.70 bits per heavy atom. The molecule has 1 N–H and O–H groups in total. The predicted octanol–water partition coefficient (Wildman–Crippen LogP) is 5.88. The first-order chi connectivity index (χ1) is 19.4. The summed E-state index contributed by atoms with van der Waals surface area (Å²) in [6.07, 6.45) is 1.60. The zero-order valence-corrected chi connectivity index (χ0v) is 23.4. The average Bonchev–Trinajstić information content (AvgIpc) is 3.21. The number of rotatable bonds is 12. The standard InChI is InChI=1S/C29H27ClN2O7S/c1-3-37-23-11-7-5-9-21(23)31-27(33)18-39-24-13-12-19(16-25(24)36-2)17-26-28(34)32(29(35)40-26)14-15-38-22-10-6-4-8-20(22)30/h4-13,16-17H,3,14-15,18H2,1-2H3,(H,31,33)/b26-17-. The predicted molar refractivity (Wildman–Crippen MR) is 154 cm³/mol. The molecule has 3 aromatic carbocycles. The number of benzene rings is 3. The molecule has 3 aromatic rings. The molecule has 3 amide bonds. The van der Waals surface area contributed by atoms with Gasteiger partial charge in [-0.05, 0) is 66.7 Å². The van der Waals surface area contributed by atoms with Crippen molar-refractivity contribution < 1.29 is 33.3 Å². The topological polar surface area (TPSA) is 103 Å². The number of para-hydroxylation sites is 3. The van der Waals surface area contributed by atoms with Crippen LogP contribution in [0.15, 0.2) is 71.6 Å². The molecule has 4 rings (SSSR count). The summed E-state index contributed by atoms with van der Waals surface area (Å²) in [7, 11) is 1.47. The molecule has 0 saturated carbocycles. The van der Waals surface area contributed by atoms with Gasteiger partial charge < -0.3 is 24.3 Å². The lowest BCUT2D eigenvalue weighted by atomic mass is 10.2. The van der Waals surface area contributed by atoms with Crippen molar-refractivity contribution in [2.24, 2.45) is 0 Å². The van der Waals surface area contributed by atoms with Crippen molar-refractivity contribution in [3.8, 4) is 23.0 Å². The zero-order valence-electron chi connectivity index (χ0n) is 21.8. The van der Waals surface area contributed by atoms with Crippen molar-refractivity contribution in [2.45, 2.75) is 6.92 Å². The minimum absolute atomic E-state index is 0.0838. The van der Waals surface area contributed by atoms with Gasteiger partial charge in [0.15, 0.2) is 18.1 Å². The van der Waals surface area contributed by atoms with Crippen LogP contribution in [-0.4, -0.2) is 55.4 Å². The molecular weight excluding hydrogens is 556 g/mol. The number of thioether (sulfide) groups is 1. The monoisotopic (exact) mass is 582 g/mol. The Balaban J connectivity index is 1.36. The fraction of sp³-hybridized carbons (Fsp3) is 0.207. The number of carbonyl (C=O) groups is 3. The van der Waals surface area contributed by atoms with Gasteiger partial charge in [0, 0.05) is 0 Å².